The summed E-state index contributed by atoms with van der Waals surface area (Å²) in [5, 5.41) is 10.9. The molecule has 1 aromatic carbocycles. The highest BCUT2D eigenvalue weighted by molar-refractivity contribution is 7.50. The van der Waals surface area contributed by atoms with Crippen molar-refractivity contribution in [3.05, 3.63) is 36.0 Å². The molecule has 0 aliphatic heterocycles. The molecule has 0 amide bonds. The Kier molecular flexibility index (Phi) is 4.89. The van der Waals surface area contributed by atoms with Crippen LogP contribution in [0.15, 0.2) is 30.3 Å². The zero-order valence-electron chi connectivity index (χ0n) is 11.6. The normalized spacial score (nSPS) is 11.9. The quantitative estimate of drug-likeness (QED) is 0.597. The molecule has 0 bridgehead atoms. The lowest BCUT2D eigenvalue weighted by atomic mass is 10.0. The van der Waals surface area contributed by atoms with Gasteiger partial charge in [-0.2, -0.15) is 0 Å². The van der Waals surface area contributed by atoms with E-state index in [1.165, 1.54) is 0 Å². The minimum atomic E-state index is -3.64. The Hall–Kier alpha value is -1.46. The third-order valence-electron chi connectivity index (χ3n) is 2.33. The van der Waals surface area contributed by atoms with E-state index in [1.54, 1.807) is 13.8 Å². The second-order valence-corrected chi connectivity index (χ2v) is 6.68. The summed E-state index contributed by atoms with van der Waals surface area (Å²) in [6.45, 7) is 4.22. The van der Waals surface area contributed by atoms with E-state index in [4.69, 9.17) is 15.5 Å². The Balaban J connectivity index is 0.000000347. The summed E-state index contributed by atoms with van der Waals surface area (Å²) in [6.07, 6.45) is 0. The van der Waals surface area contributed by atoms with Gasteiger partial charge in [0.2, 0.25) is 0 Å². The molecule has 0 atom stereocenters. The zero-order valence-corrected chi connectivity index (χ0v) is 12.5. The number of para-hydroxylation sites is 1. The Morgan fingerprint density at radius 3 is 2.25 bits per heavy atom. The van der Waals surface area contributed by atoms with Gasteiger partial charge < -0.3 is 20.6 Å². The van der Waals surface area contributed by atoms with Crippen LogP contribution in [0, 0.1) is 0 Å². The smallest absolute Gasteiger partial charge is 0.322 e. The van der Waals surface area contributed by atoms with E-state index in [1.807, 2.05) is 30.3 Å². The van der Waals surface area contributed by atoms with Crippen LogP contribution < -0.4 is 5.73 Å². The van der Waals surface area contributed by atoms with Crippen molar-refractivity contribution in [1.82, 2.24) is 4.98 Å². The molecule has 2 aromatic rings. The molecule has 1 aromatic heterocycles. The van der Waals surface area contributed by atoms with Crippen LogP contribution in [0.5, 0.6) is 0 Å². The van der Waals surface area contributed by atoms with Crippen molar-refractivity contribution >= 4 is 24.2 Å². The average Bonchev–Trinajstić information content (AvgIpc) is 2.24. The molecule has 0 fully saturated rings. The average molecular weight is 298 g/mol. The van der Waals surface area contributed by atoms with Crippen LogP contribution in [0.3, 0.4) is 0 Å². The molecule has 7 heteroatoms. The van der Waals surface area contributed by atoms with Gasteiger partial charge in [0.25, 0.3) is 0 Å². The van der Waals surface area contributed by atoms with E-state index in [-0.39, 0.29) is 0 Å². The highest BCUT2D eigenvalue weighted by atomic mass is 31.2. The van der Waals surface area contributed by atoms with Crippen molar-refractivity contribution in [2.75, 3.05) is 12.4 Å². The molecule has 0 saturated carbocycles. The monoisotopic (exact) mass is 298 g/mol. The number of hydrogen-bond acceptors (Lipinski definition) is 4. The highest BCUT2D eigenvalue weighted by Gasteiger charge is 2.21. The van der Waals surface area contributed by atoms with Crippen molar-refractivity contribution in [2.24, 2.45) is 0 Å². The molecule has 110 valence electrons. The van der Waals surface area contributed by atoms with Gasteiger partial charge in [0.1, 0.15) is 5.60 Å². The maximum absolute atomic E-state index is 9.89. The number of aliphatic hydroxyl groups is 1. The first-order valence-corrected chi connectivity index (χ1v) is 7.95. The number of benzene rings is 1. The first-order chi connectivity index (χ1) is 8.98. The highest BCUT2D eigenvalue weighted by Crippen LogP contribution is 2.27. The Labute approximate surface area is 117 Å². The summed E-state index contributed by atoms with van der Waals surface area (Å²) in [5.41, 5.74) is 6.75. The van der Waals surface area contributed by atoms with E-state index in [2.05, 4.69) is 4.98 Å². The van der Waals surface area contributed by atoms with E-state index in [0.717, 1.165) is 17.6 Å². The maximum atomic E-state index is 9.89. The Morgan fingerprint density at radius 2 is 1.75 bits per heavy atom. The summed E-state index contributed by atoms with van der Waals surface area (Å²) < 4.78 is 9.33. The molecule has 0 saturated heterocycles. The predicted molar refractivity (Wildman–Crippen MR) is 79.4 cm³/mol. The number of nitrogens with zero attached hydrogens (tertiary/aromatic N) is 1. The molecule has 0 radical (unpaired) electrons. The van der Waals surface area contributed by atoms with Gasteiger partial charge in [-0.15, -0.1) is 0 Å². The van der Waals surface area contributed by atoms with Crippen molar-refractivity contribution in [3.8, 4) is 0 Å². The van der Waals surface area contributed by atoms with Crippen molar-refractivity contribution in [1.29, 1.82) is 0 Å². The molecule has 0 unspecified atom stereocenters. The van der Waals surface area contributed by atoms with E-state index >= 15 is 0 Å². The van der Waals surface area contributed by atoms with Gasteiger partial charge in [-0.3, -0.25) is 4.57 Å². The Bertz CT molecular complexity index is 638. The lowest BCUT2D eigenvalue weighted by Gasteiger charge is -2.19. The molecule has 6 nitrogen and oxygen atoms in total. The number of rotatable bonds is 1. The lowest BCUT2D eigenvalue weighted by Crippen LogP contribution is -2.19. The van der Waals surface area contributed by atoms with Crippen LogP contribution in [0.25, 0.3) is 10.9 Å². The Morgan fingerprint density at radius 1 is 1.25 bits per heavy atom. The first-order valence-electron chi connectivity index (χ1n) is 5.89. The van der Waals surface area contributed by atoms with Gasteiger partial charge in [0.05, 0.1) is 16.9 Å². The number of nitrogen functional groups attached to an aromatic ring is 1. The summed E-state index contributed by atoms with van der Waals surface area (Å²) in [6, 6.07) is 9.55. The van der Waals surface area contributed by atoms with Gasteiger partial charge in [0.15, 0.2) is 0 Å². The van der Waals surface area contributed by atoms with E-state index in [0.29, 0.717) is 11.4 Å². The largest absolute Gasteiger partial charge is 0.397 e. The maximum Gasteiger partial charge on any atom is 0.322 e. The summed E-state index contributed by atoms with van der Waals surface area (Å²) in [7, 11) is -3.64. The molecular formula is C13H19N2O4P. The predicted octanol–water partition coefficient (Wildman–Crippen LogP) is 1.84. The number of nitrogens with two attached hydrogens (primary N) is 1. The fraction of sp³-hybridized carbons (Fsp3) is 0.308. The molecule has 20 heavy (non-hydrogen) atoms. The minimum Gasteiger partial charge on any atom is -0.397 e. The van der Waals surface area contributed by atoms with E-state index < -0.39 is 13.2 Å². The van der Waals surface area contributed by atoms with Crippen LogP contribution >= 0.6 is 7.60 Å². The van der Waals surface area contributed by atoms with Crippen LogP contribution in [0.1, 0.15) is 19.5 Å². The van der Waals surface area contributed by atoms with E-state index in [9.17, 15) is 9.67 Å². The van der Waals surface area contributed by atoms with Crippen LogP contribution in [-0.2, 0) is 10.2 Å². The van der Waals surface area contributed by atoms with Gasteiger partial charge in [0, 0.05) is 12.1 Å². The molecule has 0 spiro atoms. The van der Waals surface area contributed by atoms with Crippen LogP contribution in [-0.4, -0.2) is 26.5 Å². The minimum absolute atomic E-state index is 0.529. The standard InChI is InChI=1S/C12H14N2O.CH5O3P/c1-12(2,15)11-9(13)7-8-5-3-4-6-10(8)14-11;1-5(2,3)4/h3-7,15H,13H2,1-2H3;1H3,(H2,2,3,4). The van der Waals surface area contributed by atoms with Gasteiger partial charge in [-0.05, 0) is 26.0 Å². The third kappa shape index (κ3) is 5.27. The molecule has 2 rings (SSSR count). The second-order valence-electron chi connectivity index (χ2n) is 5.01. The second kappa shape index (κ2) is 5.89. The lowest BCUT2D eigenvalue weighted by molar-refractivity contribution is 0.0751. The summed E-state index contributed by atoms with van der Waals surface area (Å²) >= 11 is 0. The fourth-order valence-corrected chi connectivity index (χ4v) is 1.62. The van der Waals surface area contributed by atoms with Crippen LogP contribution in [0.4, 0.5) is 5.69 Å². The van der Waals surface area contributed by atoms with Crippen LogP contribution in [0.2, 0.25) is 0 Å². The summed E-state index contributed by atoms with van der Waals surface area (Å²) in [5.74, 6) is 0. The molecule has 0 aliphatic rings. The topological polar surface area (TPSA) is 117 Å². The van der Waals surface area contributed by atoms with Crippen molar-refractivity contribution < 1.29 is 19.5 Å². The van der Waals surface area contributed by atoms with Crippen molar-refractivity contribution in [2.45, 2.75) is 19.4 Å². The number of hydrogen-bond donors (Lipinski definition) is 4. The zero-order chi connectivity index (χ0) is 15.6. The third-order valence-corrected chi connectivity index (χ3v) is 2.33. The number of anilines is 1. The van der Waals surface area contributed by atoms with Crippen molar-refractivity contribution in [3.63, 3.8) is 0 Å². The van der Waals surface area contributed by atoms with Gasteiger partial charge >= 0.3 is 7.60 Å². The number of pyridine rings is 1. The van der Waals surface area contributed by atoms with Gasteiger partial charge in [-0.1, -0.05) is 18.2 Å². The molecule has 5 N–H and O–H groups in total. The summed E-state index contributed by atoms with van der Waals surface area (Å²) in [4.78, 5) is 19.6. The SMILES string of the molecule is CC(C)(O)c1nc2ccccc2cc1N.CP(=O)(O)O. The number of fused-ring (bicyclic) bond motifs is 1. The first kappa shape index (κ1) is 16.6. The van der Waals surface area contributed by atoms with Gasteiger partial charge in [-0.25, -0.2) is 4.98 Å². The molecule has 1 heterocycles. The molecule has 0 aliphatic carbocycles. The fourth-order valence-electron chi connectivity index (χ4n) is 1.62. The molecular weight excluding hydrogens is 279 g/mol. The number of aromatic nitrogens is 1.